The second-order valence-electron chi connectivity index (χ2n) is 6.66. The summed E-state index contributed by atoms with van der Waals surface area (Å²) >= 11 is 3.47. The molecule has 2 N–H and O–H groups in total. The Morgan fingerprint density at radius 3 is 2.57 bits per heavy atom. The van der Waals surface area contributed by atoms with Gasteiger partial charge in [0.25, 0.3) is 0 Å². The molecule has 1 saturated carbocycles. The Labute approximate surface area is 135 Å². The van der Waals surface area contributed by atoms with E-state index in [1.54, 1.807) is 12.1 Å². The summed E-state index contributed by atoms with van der Waals surface area (Å²) in [5.74, 6) is -0.183. The van der Waals surface area contributed by atoms with Crippen molar-refractivity contribution >= 4 is 27.6 Å². The first-order valence-electron chi connectivity index (χ1n) is 7.69. The number of anilines is 1. The van der Waals surface area contributed by atoms with E-state index < -0.39 is 5.97 Å². The summed E-state index contributed by atoms with van der Waals surface area (Å²) in [5.41, 5.74) is 1.69. The minimum Gasteiger partial charge on any atom is -0.478 e. The lowest BCUT2D eigenvalue weighted by Crippen LogP contribution is -2.28. The molecule has 1 aromatic rings. The lowest BCUT2D eigenvalue weighted by atomic mass is 9.78. The maximum Gasteiger partial charge on any atom is 0.335 e. The molecule has 1 aliphatic carbocycles. The molecule has 0 spiro atoms. The highest BCUT2D eigenvalue weighted by atomic mass is 79.9. The fourth-order valence-corrected chi connectivity index (χ4v) is 4.04. The lowest BCUT2D eigenvalue weighted by Gasteiger charge is -2.31. The number of nitrogens with one attached hydrogen (secondary N) is 1. The third-order valence-corrected chi connectivity index (χ3v) is 5.03. The van der Waals surface area contributed by atoms with Gasteiger partial charge in [-0.25, -0.2) is 4.79 Å². The van der Waals surface area contributed by atoms with E-state index in [2.05, 4.69) is 35.1 Å². The van der Waals surface area contributed by atoms with Gasteiger partial charge < -0.3 is 10.4 Å². The van der Waals surface area contributed by atoms with Crippen molar-refractivity contribution in [2.24, 2.45) is 11.3 Å². The summed E-state index contributed by atoms with van der Waals surface area (Å²) in [6.07, 6.45) is 6.50. The van der Waals surface area contributed by atoms with Gasteiger partial charge in [-0.3, -0.25) is 0 Å². The SMILES string of the molecule is CC(C)CC1(CNc2ccc(C(=O)O)cc2Br)CCCC1. The summed E-state index contributed by atoms with van der Waals surface area (Å²) in [6.45, 7) is 5.55. The molecule has 0 unspecified atom stereocenters. The van der Waals surface area contributed by atoms with E-state index in [1.807, 2.05) is 6.07 Å². The molecule has 4 heteroatoms. The number of hydrogen-bond acceptors (Lipinski definition) is 2. The minimum absolute atomic E-state index is 0.310. The quantitative estimate of drug-likeness (QED) is 0.741. The van der Waals surface area contributed by atoms with E-state index in [0.29, 0.717) is 16.9 Å². The van der Waals surface area contributed by atoms with Crippen LogP contribution in [0.5, 0.6) is 0 Å². The summed E-state index contributed by atoms with van der Waals surface area (Å²) < 4.78 is 0.820. The molecular formula is C17H24BrNO2. The van der Waals surface area contributed by atoms with Crippen molar-refractivity contribution < 1.29 is 9.90 Å². The zero-order chi connectivity index (χ0) is 15.5. The van der Waals surface area contributed by atoms with Crippen LogP contribution in [0.3, 0.4) is 0 Å². The molecule has 0 radical (unpaired) electrons. The van der Waals surface area contributed by atoms with Crippen LogP contribution in [0.15, 0.2) is 22.7 Å². The van der Waals surface area contributed by atoms with Crippen molar-refractivity contribution in [3.05, 3.63) is 28.2 Å². The van der Waals surface area contributed by atoms with E-state index in [0.717, 1.165) is 16.7 Å². The molecule has 1 aromatic carbocycles. The van der Waals surface area contributed by atoms with Crippen molar-refractivity contribution in [1.82, 2.24) is 0 Å². The van der Waals surface area contributed by atoms with Crippen molar-refractivity contribution in [3.63, 3.8) is 0 Å². The van der Waals surface area contributed by atoms with Crippen LogP contribution in [0, 0.1) is 11.3 Å². The van der Waals surface area contributed by atoms with E-state index in [-0.39, 0.29) is 0 Å². The first kappa shape index (κ1) is 16.3. The van der Waals surface area contributed by atoms with Crippen molar-refractivity contribution in [2.75, 3.05) is 11.9 Å². The fraction of sp³-hybridized carbons (Fsp3) is 0.588. The average Bonchev–Trinajstić information content (AvgIpc) is 2.85. The van der Waals surface area contributed by atoms with Crippen LogP contribution in [0.1, 0.15) is 56.3 Å². The molecule has 0 bridgehead atoms. The molecular weight excluding hydrogens is 330 g/mol. The van der Waals surface area contributed by atoms with Crippen LogP contribution < -0.4 is 5.32 Å². The van der Waals surface area contributed by atoms with Gasteiger partial charge in [0.15, 0.2) is 0 Å². The second-order valence-corrected chi connectivity index (χ2v) is 7.51. The highest BCUT2D eigenvalue weighted by Gasteiger charge is 2.34. The molecule has 0 aliphatic heterocycles. The van der Waals surface area contributed by atoms with Gasteiger partial charge in [0.05, 0.1) is 5.56 Å². The van der Waals surface area contributed by atoms with Gasteiger partial charge in [0.2, 0.25) is 0 Å². The Morgan fingerprint density at radius 1 is 1.38 bits per heavy atom. The highest BCUT2D eigenvalue weighted by molar-refractivity contribution is 9.10. The molecule has 0 saturated heterocycles. The van der Waals surface area contributed by atoms with Gasteiger partial charge in [0, 0.05) is 16.7 Å². The maximum absolute atomic E-state index is 11.0. The van der Waals surface area contributed by atoms with Gasteiger partial charge in [-0.05, 0) is 64.7 Å². The van der Waals surface area contributed by atoms with Crippen LogP contribution in [-0.4, -0.2) is 17.6 Å². The van der Waals surface area contributed by atoms with E-state index in [1.165, 1.54) is 32.1 Å². The number of halogens is 1. The van der Waals surface area contributed by atoms with Crippen LogP contribution >= 0.6 is 15.9 Å². The van der Waals surface area contributed by atoms with Gasteiger partial charge in [-0.15, -0.1) is 0 Å². The number of carbonyl (C=O) groups is 1. The van der Waals surface area contributed by atoms with Gasteiger partial charge in [0.1, 0.15) is 0 Å². The predicted octanol–water partition coefficient (Wildman–Crippen LogP) is 5.17. The molecule has 2 rings (SSSR count). The zero-order valence-electron chi connectivity index (χ0n) is 12.8. The zero-order valence-corrected chi connectivity index (χ0v) is 14.4. The molecule has 0 aromatic heterocycles. The molecule has 1 aliphatic rings. The average molecular weight is 354 g/mol. The minimum atomic E-state index is -0.894. The third kappa shape index (κ3) is 4.22. The normalized spacial score (nSPS) is 17.1. The van der Waals surface area contributed by atoms with Crippen LogP contribution in [0.2, 0.25) is 0 Å². The van der Waals surface area contributed by atoms with Gasteiger partial charge in [-0.1, -0.05) is 26.7 Å². The number of carboxylic acids is 1. The Hall–Kier alpha value is -1.03. The van der Waals surface area contributed by atoms with Crippen molar-refractivity contribution in [3.8, 4) is 0 Å². The van der Waals surface area contributed by atoms with Crippen molar-refractivity contribution in [1.29, 1.82) is 0 Å². The Balaban J connectivity index is 2.06. The summed E-state index contributed by atoms with van der Waals surface area (Å²) in [6, 6.07) is 5.17. The van der Waals surface area contributed by atoms with Crippen LogP contribution in [0.25, 0.3) is 0 Å². The number of hydrogen-bond donors (Lipinski definition) is 2. The predicted molar refractivity (Wildman–Crippen MR) is 89.9 cm³/mol. The standard InChI is InChI=1S/C17H24BrNO2/c1-12(2)10-17(7-3-4-8-17)11-19-15-6-5-13(16(20)21)9-14(15)18/h5-6,9,12,19H,3-4,7-8,10-11H2,1-2H3,(H,20,21). The second kappa shape index (κ2) is 6.82. The van der Waals surface area contributed by atoms with Gasteiger partial charge >= 0.3 is 5.97 Å². The Kier molecular flexibility index (Phi) is 5.31. The van der Waals surface area contributed by atoms with Crippen molar-refractivity contribution in [2.45, 2.75) is 46.0 Å². The molecule has 116 valence electrons. The molecule has 1 fully saturated rings. The molecule has 3 nitrogen and oxygen atoms in total. The van der Waals surface area contributed by atoms with Crippen LogP contribution in [0.4, 0.5) is 5.69 Å². The summed E-state index contributed by atoms with van der Waals surface area (Å²) in [7, 11) is 0. The molecule has 0 amide bonds. The van der Waals surface area contributed by atoms with E-state index in [9.17, 15) is 4.79 Å². The number of benzene rings is 1. The first-order chi connectivity index (χ1) is 9.92. The number of rotatable bonds is 6. The highest BCUT2D eigenvalue weighted by Crippen LogP contribution is 2.43. The molecule has 0 heterocycles. The topological polar surface area (TPSA) is 49.3 Å². The summed E-state index contributed by atoms with van der Waals surface area (Å²) in [4.78, 5) is 11.0. The number of aromatic carboxylic acids is 1. The smallest absolute Gasteiger partial charge is 0.335 e. The monoisotopic (exact) mass is 353 g/mol. The Bertz CT molecular complexity index is 508. The Morgan fingerprint density at radius 2 is 2.05 bits per heavy atom. The molecule has 21 heavy (non-hydrogen) atoms. The number of carboxylic acid groups (broad SMARTS) is 1. The third-order valence-electron chi connectivity index (χ3n) is 4.38. The van der Waals surface area contributed by atoms with E-state index >= 15 is 0 Å². The summed E-state index contributed by atoms with van der Waals surface area (Å²) in [5, 5.41) is 12.5. The first-order valence-corrected chi connectivity index (χ1v) is 8.48. The fourth-order valence-electron chi connectivity index (χ4n) is 3.52. The maximum atomic E-state index is 11.0. The van der Waals surface area contributed by atoms with E-state index in [4.69, 9.17) is 5.11 Å². The largest absolute Gasteiger partial charge is 0.478 e. The molecule has 0 atom stereocenters. The van der Waals surface area contributed by atoms with Gasteiger partial charge in [-0.2, -0.15) is 0 Å². The lowest BCUT2D eigenvalue weighted by molar-refractivity contribution is 0.0697. The van der Waals surface area contributed by atoms with Crippen LogP contribution in [-0.2, 0) is 0 Å².